The molecule has 0 saturated carbocycles. The van der Waals surface area contributed by atoms with Crippen LogP contribution < -0.4 is 29.9 Å². The predicted molar refractivity (Wildman–Crippen MR) is 193 cm³/mol. The largest absolute Gasteiger partial charge is 0.493 e. The fourth-order valence-corrected chi connectivity index (χ4v) is 5.59. The lowest BCUT2D eigenvalue weighted by Crippen LogP contribution is -2.32. The molecule has 14 heteroatoms. The highest BCUT2D eigenvalue weighted by atomic mass is 32.2. The number of alkyl carbamates (subject to hydrolysis) is 1. The molecule has 1 amide bonds. The number of unbranched alkanes of at least 4 members (excludes halogenated alkanes) is 3. The zero-order valence-electron chi connectivity index (χ0n) is 30.3. The molecule has 2 aromatic heterocycles. The van der Waals surface area contributed by atoms with Crippen LogP contribution in [0.4, 0.5) is 10.5 Å². The normalized spacial score (nSPS) is 11.8. The van der Waals surface area contributed by atoms with Crippen LogP contribution in [0.5, 0.6) is 23.0 Å². The van der Waals surface area contributed by atoms with Crippen molar-refractivity contribution in [1.82, 2.24) is 24.0 Å². The molecule has 1 unspecified atom stereocenters. The maximum absolute atomic E-state index is 13.2. The molecule has 2 N–H and O–H groups in total. The van der Waals surface area contributed by atoms with E-state index >= 15 is 0 Å². The highest BCUT2D eigenvalue weighted by Crippen LogP contribution is 2.37. The third-order valence-electron chi connectivity index (χ3n) is 7.01. The molecule has 2 heterocycles. The first-order chi connectivity index (χ1) is 23.3. The van der Waals surface area contributed by atoms with Crippen molar-refractivity contribution in [3.05, 3.63) is 53.3 Å². The summed E-state index contributed by atoms with van der Waals surface area (Å²) in [7, 11) is 3.48. The number of ether oxygens (including phenoxy) is 4. The van der Waals surface area contributed by atoms with E-state index in [4.69, 9.17) is 18.9 Å². The Bertz CT molecular complexity index is 1760. The van der Waals surface area contributed by atoms with Crippen LogP contribution in [0.1, 0.15) is 73.6 Å². The molecule has 4 aromatic rings. The van der Waals surface area contributed by atoms with Gasteiger partial charge in [-0.2, -0.15) is 0 Å². The maximum Gasteiger partial charge on any atom is 0.407 e. The molecule has 4 rings (SSSR count). The van der Waals surface area contributed by atoms with Gasteiger partial charge < -0.3 is 28.8 Å². The first-order valence-corrected chi connectivity index (χ1v) is 17.9. The average molecular weight is 701 g/mol. The van der Waals surface area contributed by atoms with Gasteiger partial charge in [-0.3, -0.25) is 13.9 Å². The average Bonchev–Trinajstić information content (AvgIpc) is 3.58. The van der Waals surface area contributed by atoms with Crippen molar-refractivity contribution in [2.24, 2.45) is 21.1 Å². The number of amides is 1. The van der Waals surface area contributed by atoms with Crippen molar-refractivity contribution in [3.63, 3.8) is 0 Å². The Morgan fingerprint density at radius 3 is 2.10 bits per heavy atom. The van der Waals surface area contributed by atoms with Gasteiger partial charge in [-0.05, 0) is 46.1 Å². The van der Waals surface area contributed by atoms with Crippen LogP contribution >= 0.6 is 0 Å². The van der Waals surface area contributed by atoms with Gasteiger partial charge in [0.1, 0.15) is 22.8 Å². The molecular weight excluding hydrogens is 648 g/mol. The van der Waals surface area contributed by atoms with E-state index in [1.807, 2.05) is 47.6 Å². The summed E-state index contributed by atoms with van der Waals surface area (Å²) >= 11 is 0. The van der Waals surface area contributed by atoms with Gasteiger partial charge in [-0.15, -0.1) is 0 Å². The number of rotatable bonds is 16. The van der Waals surface area contributed by atoms with E-state index in [1.165, 1.54) is 9.13 Å². The number of fused-ring (bicyclic) bond motifs is 1. The third-order valence-corrected chi connectivity index (χ3v) is 8.01. The lowest BCUT2D eigenvalue weighted by molar-refractivity contribution is 0.0527. The fraction of sp³-hybridized carbons (Fsp3) is 0.514. The summed E-state index contributed by atoms with van der Waals surface area (Å²) in [6.07, 6.45) is 7.21. The SMILES string of the molecule is CC.CCCOc1cc(OCCCCCCNC(=O)OC(C)(C)C)cc(Oc2cc3c(cc2NS(=O)c2cn(C)cn2)n(C)c(=O)n3C)c1. The van der Waals surface area contributed by atoms with Crippen molar-refractivity contribution in [3.8, 4) is 23.0 Å². The lowest BCUT2D eigenvalue weighted by atomic mass is 10.2. The first-order valence-electron chi connectivity index (χ1n) is 16.8. The number of hydrogen-bond donors (Lipinski definition) is 2. The Kier molecular flexibility index (Phi) is 14.6. The number of nitrogens with one attached hydrogen (secondary N) is 2. The molecule has 2 aromatic carbocycles. The third kappa shape index (κ3) is 11.6. The van der Waals surface area contributed by atoms with E-state index in [1.54, 1.807) is 62.5 Å². The van der Waals surface area contributed by atoms with Crippen molar-refractivity contribution < 1.29 is 28.0 Å². The van der Waals surface area contributed by atoms with Gasteiger partial charge in [0.15, 0.2) is 21.8 Å². The lowest BCUT2D eigenvalue weighted by Gasteiger charge is -2.19. The monoisotopic (exact) mass is 700 g/mol. The van der Waals surface area contributed by atoms with Crippen LogP contribution in [0.25, 0.3) is 11.0 Å². The van der Waals surface area contributed by atoms with Gasteiger partial charge in [0.2, 0.25) is 0 Å². The molecule has 0 radical (unpaired) electrons. The predicted octanol–water partition coefficient (Wildman–Crippen LogP) is 6.82. The van der Waals surface area contributed by atoms with Crippen LogP contribution in [0, 0.1) is 0 Å². The van der Waals surface area contributed by atoms with Crippen molar-refractivity contribution in [2.45, 2.75) is 84.3 Å². The zero-order valence-corrected chi connectivity index (χ0v) is 31.1. The standard InChI is InChI=1S/C33H46N6O7S.C2H6/c1-8-14-43-23-16-24(44-15-12-10-9-11-13-34-31(40)46-33(2,3)4)18-25(17-23)45-29-20-28-27(38(6)32(41)39(28)7)19-26(29)36-47(42)30-21-37(5)22-35-30;1-2/h16-22,36H,8-15H2,1-7H3,(H,34,40);1-2H3. The van der Waals surface area contributed by atoms with Crippen LogP contribution in [0.3, 0.4) is 0 Å². The van der Waals surface area contributed by atoms with Gasteiger partial charge in [0, 0.05) is 58.2 Å². The minimum Gasteiger partial charge on any atom is -0.493 e. The highest BCUT2D eigenvalue weighted by Gasteiger charge is 2.18. The molecule has 0 fully saturated rings. The minimum absolute atomic E-state index is 0.195. The summed E-state index contributed by atoms with van der Waals surface area (Å²) in [5, 5.41) is 3.13. The second-order valence-corrected chi connectivity index (χ2v) is 13.4. The molecule has 0 aliphatic carbocycles. The molecule has 0 spiro atoms. The van der Waals surface area contributed by atoms with Crippen LogP contribution in [-0.4, -0.2) is 54.3 Å². The van der Waals surface area contributed by atoms with E-state index < -0.39 is 22.7 Å². The second-order valence-electron chi connectivity index (χ2n) is 12.3. The molecule has 13 nitrogen and oxygen atoms in total. The van der Waals surface area contributed by atoms with E-state index in [2.05, 4.69) is 15.0 Å². The first kappa shape index (κ1) is 39.0. The molecule has 270 valence electrons. The zero-order chi connectivity index (χ0) is 36.1. The quantitative estimate of drug-likeness (QED) is 0.122. The van der Waals surface area contributed by atoms with E-state index in [0.29, 0.717) is 64.5 Å². The Labute approximate surface area is 291 Å². The van der Waals surface area contributed by atoms with Gasteiger partial charge in [0.25, 0.3) is 0 Å². The summed E-state index contributed by atoms with van der Waals surface area (Å²) in [4.78, 5) is 28.7. The Balaban J connectivity index is 0.00000319. The van der Waals surface area contributed by atoms with E-state index in [0.717, 1.165) is 32.1 Å². The summed E-state index contributed by atoms with van der Waals surface area (Å²) in [6, 6.07) is 8.86. The summed E-state index contributed by atoms with van der Waals surface area (Å²) in [5.74, 6) is 1.99. The summed E-state index contributed by atoms with van der Waals surface area (Å²) in [5.41, 5.74) is 1.01. The number of aromatic nitrogens is 4. The number of carbonyl (C=O) groups excluding carboxylic acids is 1. The molecule has 49 heavy (non-hydrogen) atoms. The number of anilines is 1. The fourth-order valence-electron chi connectivity index (χ4n) is 4.72. The van der Waals surface area contributed by atoms with Crippen LogP contribution in [-0.2, 0) is 36.9 Å². The molecule has 0 bridgehead atoms. The number of nitrogens with zero attached hydrogens (tertiary/aromatic N) is 4. The number of benzene rings is 2. The molecule has 0 aliphatic heterocycles. The van der Waals surface area contributed by atoms with Crippen molar-refractivity contribution in [1.29, 1.82) is 0 Å². The molecule has 0 saturated heterocycles. The molecule has 0 aliphatic rings. The van der Waals surface area contributed by atoms with Gasteiger partial charge in [0.05, 0.1) is 36.3 Å². The Hall–Kier alpha value is -4.46. The number of imidazole rings is 2. The maximum atomic E-state index is 13.2. The van der Waals surface area contributed by atoms with E-state index in [-0.39, 0.29) is 5.69 Å². The van der Waals surface area contributed by atoms with E-state index in [9.17, 15) is 13.8 Å². The number of aryl methyl sites for hydroxylation is 3. The minimum atomic E-state index is -1.69. The molecule has 1 atom stereocenters. The van der Waals surface area contributed by atoms with Crippen LogP contribution in [0.2, 0.25) is 0 Å². The van der Waals surface area contributed by atoms with Crippen LogP contribution in [0.15, 0.2) is 52.7 Å². The Morgan fingerprint density at radius 1 is 0.878 bits per heavy atom. The highest BCUT2D eigenvalue weighted by molar-refractivity contribution is 7.86. The Morgan fingerprint density at radius 2 is 1.49 bits per heavy atom. The summed E-state index contributed by atoms with van der Waals surface area (Å²) < 4.78 is 44.6. The van der Waals surface area contributed by atoms with Gasteiger partial charge in [-0.1, -0.05) is 33.6 Å². The van der Waals surface area contributed by atoms with Crippen molar-refractivity contribution in [2.75, 3.05) is 24.5 Å². The second kappa shape index (κ2) is 18.3. The molecular formula is C35H52N6O7S. The number of hydrogen-bond acceptors (Lipinski definition) is 8. The summed E-state index contributed by atoms with van der Waals surface area (Å²) in [6.45, 7) is 13.1. The smallest absolute Gasteiger partial charge is 0.407 e. The van der Waals surface area contributed by atoms with Gasteiger partial charge in [-0.25, -0.2) is 18.8 Å². The van der Waals surface area contributed by atoms with Crippen molar-refractivity contribution >= 4 is 33.8 Å². The topological polar surface area (TPSA) is 140 Å². The number of carbonyl (C=O) groups is 1. The van der Waals surface area contributed by atoms with Gasteiger partial charge >= 0.3 is 11.8 Å².